The number of benzene rings is 2. The number of anilines is 1. The van der Waals surface area contributed by atoms with Gasteiger partial charge in [0.2, 0.25) is 21.8 Å². The third-order valence-corrected chi connectivity index (χ3v) is 6.95. The number of carbonyl (C=O) groups excluding carboxylic acids is 2. The molecule has 0 spiro atoms. The second-order valence-electron chi connectivity index (χ2n) is 8.17. The molecule has 180 valence electrons. The predicted octanol–water partition coefficient (Wildman–Crippen LogP) is 3.78. The van der Waals surface area contributed by atoms with Crippen LogP contribution in [0.3, 0.4) is 0 Å². The molecular formula is C24H32BrN3O4S. The SMILES string of the molecule is CCCNC(=O)[C@@H](C)N(Cc1ccc(Br)cc1)C(=O)CN(c1cc(C)ccc1C)S(C)(=O)=O. The predicted molar refractivity (Wildman–Crippen MR) is 136 cm³/mol. The average Bonchev–Trinajstić information content (AvgIpc) is 2.75. The van der Waals surface area contributed by atoms with Gasteiger partial charge in [-0.2, -0.15) is 0 Å². The van der Waals surface area contributed by atoms with Crippen molar-refractivity contribution < 1.29 is 18.0 Å². The lowest BCUT2D eigenvalue weighted by molar-refractivity contribution is -0.139. The highest BCUT2D eigenvalue weighted by Gasteiger charge is 2.30. The molecule has 33 heavy (non-hydrogen) atoms. The first kappa shape index (κ1) is 26.9. The first-order valence-corrected chi connectivity index (χ1v) is 13.4. The fourth-order valence-electron chi connectivity index (χ4n) is 3.35. The van der Waals surface area contributed by atoms with E-state index in [9.17, 15) is 18.0 Å². The summed E-state index contributed by atoms with van der Waals surface area (Å²) in [6, 6.07) is 12.1. The van der Waals surface area contributed by atoms with Gasteiger partial charge < -0.3 is 10.2 Å². The van der Waals surface area contributed by atoms with Gasteiger partial charge in [-0.05, 0) is 62.1 Å². The molecule has 0 fully saturated rings. The van der Waals surface area contributed by atoms with E-state index in [4.69, 9.17) is 0 Å². The lowest BCUT2D eigenvalue weighted by atomic mass is 10.1. The Hall–Kier alpha value is -2.39. The summed E-state index contributed by atoms with van der Waals surface area (Å²) in [7, 11) is -3.75. The normalized spacial score (nSPS) is 12.2. The second-order valence-corrected chi connectivity index (χ2v) is 11.0. The van der Waals surface area contributed by atoms with Gasteiger partial charge in [-0.25, -0.2) is 8.42 Å². The minimum absolute atomic E-state index is 0.178. The highest BCUT2D eigenvalue weighted by atomic mass is 79.9. The monoisotopic (exact) mass is 537 g/mol. The first-order chi connectivity index (χ1) is 15.4. The molecule has 0 aliphatic heterocycles. The number of amides is 2. The molecule has 0 aliphatic rings. The van der Waals surface area contributed by atoms with Crippen LogP contribution in [0.1, 0.15) is 37.0 Å². The molecule has 0 saturated carbocycles. The van der Waals surface area contributed by atoms with Crippen LogP contribution in [0.25, 0.3) is 0 Å². The minimum atomic E-state index is -3.75. The quantitative estimate of drug-likeness (QED) is 0.499. The number of nitrogens with one attached hydrogen (secondary N) is 1. The molecule has 2 aromatic carbocycles. The molecule has 0 saturated heterocycles. The third-order valence-electron chi connectivity index (χ3n) is 5.30. The van der Waals surface area contributed by atoms with Crippen molar-refractivity contribution in [2.45, 2.75) is 46.7 Å². The Morgan fingerprint density at radius 3 is 2.30 bits per heavy atom. The molecule has 7 nitrogen and oxygen atoms in total. The topological polar surface area (TPSA) is 86.8 Å². The maximum absolute atomic E-state index is 13.5. The largest absolute Gasteiger partial charge is 0.354 e. The Kier molecular flexibility index (Phi) is 9.48. The van der Waals surface area contributed by atoms with Gasteiger partial charge in [0.25, 0.3) is 0 Å². The molecule has 0 aliphatic carbocycles. The molecule has 2 aromatic rings. The summed E-state index contributed by atoms with van der Waals surface area (Å²) in [4.78, 5) is 27.6. The fraction of sp³-hybridized carbons (Fsp3) is 0.417. The van der Waals surface area contributed by atoms with Crippen molar-refractivity contribution in [3.05, 3.63) is 63.6 Å². The Morgan fingerprint density at radius 1 is 1.09 bits per heavy atom. The van der Waals surface area contributed by atoms with Crippen molar-refractivity contribution in [1.82, 2.24) is 10.2 Å². The average molecular weight is 539 g/mol. The number of hydrogen-bond acceptors (Lipinski definition) is 4. The van der Waals surface area contributed by atoms with Crippen molar-refractivity contribution in [3.8, 4) is 0 Å². The molecule has 1 atom stereocenters. The zero-order chi connectivity index (χ0) is 24.8. The van der Waals surface area contributed by atoms with Gasteiger partial charge in [0.05, 0.1) is 11.9 Å². The summed E-state index contributed by atoms with van der Waals surface area (Å²) in [5, 5.41) is 2.82. The van der Waals surface area contributed by atoms with E-state index >= 15 is 0 Å². The Bertz CT molecular complexity index is 1090. The van der Waals surface area contributed by atoms with Gasteiger partial charge in [0.1, 0.15) is 12.6 Å². The van der Waals surface area contributed by atoms with E-state index in [0.717, 1.165) is 38.1 Å². The molecule has 2 rings (SSSR count). The Balaban J connectivity index is 2.40. The van der Waals surface area contributed by atoms with Crippen molar-refractivity contribution in [3.63, 3.8) is 0 Å². The van der Waals surface area contributed by atoms with E-state index in [1.165, 1.54) is 4.90 Å². The highest BCUT2D eigenvalue weighted by molar-refractivity contribution is 9.10. The van der Waals surface area contributed by atoms with Crippen LogP contribution in [0.2, 0.25) is 0 Å². The van der Waals surface area contributed by atoms with Gasteiger partial charge >= 0.3 is 0 Å². The Labute approximate surface area is 205 Å². The van der Waals surface area contributed by atoms with Gasteiger partial charge in [-0.1, -0.05) is 47.1 Å². The first-order valence-electron chi connectivity index (χ1n) is 10.8. The number of hydrogen-bond donors (Lipinski definition) is 1. The van der Waals surface area contributed by atoms with E-state index in [1.807, 2.05) is 50.2 Å². The van der Waals surface area contributed by atoms with Gasteiger partial charge in [0.15, 0.2) is 0 Å². The molecule has 0 bridgehead atoms. The van der Waals surface area contributed by atoms with E-state index in [-0.39, 0.29) is 12.5 Å². The second kappa shape index (κ2) is 11.7. The van der Waals surface area contributed by atoms with Crippen LogP contribution < -0.4 is 9.62 Å². The maximum Gasteiger partial charge on any atom is 0.244 e. The number of aryl methyl sites for hydroxylation is 2. The van der Waals surface area contributed by atoms with Crippen LogP contribution in [0.15, 0.2) is 46.9 Å². The lowest BCUT2D eigenvalue weighted by Gasteiger charge is -2.32. The minimum Gasteiger partial charge on any atom is -0.354 e. The lowest BCUT2D eigenvalue weighted by Crippen LogP contribution is -2.51. The molecule has 2 amide bonds. The molecule has 0 aromatic heterocycles. The number of nitrogens with zero attached hydrogens (tertiary/aromatic N) is 2. The Morgan fingerprint density at radius 2 is 1.73 bits per heavy atom. The number of carbonyl (C=O) groups is 2. The smallest absolute Gasteiger partial charge is 0.244 e. The molecule has 0 radical (unpaired) electrons. The molecule has 0 unspecified atom stereocenters. The molecule has 9 heteroatoms. The van der Waals surface area contributed by atoms with Crippen LogP contribution in [0.5, 0.6) is 0 Å². The van der Waals surface area contributed by atoms with Crippen molar-refractivity contribution in [2.75, 3.05) is 23.7 Å². The van der Waals surface area contributed by atoms with Crippen molar-refractivity contribution >= 4 is 43.5 Å². The number of halogens is 1. The summed E-state index contributed by atoms with van der Waals surface area (Å²) >= 11 is 3.40. The standard InChI is InChI=1S/C24H32BrN3O4S/c1-6-13-26-24(30)19(4)27(15-20-9-11-21(25)12-10-20)23(29)16-28(33(5,31)32)22-14-17(2)7-8-18(22)3/h7-12,14,19H,6,13,15-16H2,1-5H3,(H,26,30)/t19-/m1/s1. The van der Waals surface area contributed by atoms with Crippen LogP contribution in [0.4, 0.5) is 5.69 Å². The summed E-state index contributed by atoms with van der Waals surface area (Å²) in [5.41, 5.74) is 2.92. The van der Waals surface area contributed by atoms with E-state index in [0.29, 0.717) is 12.2 Å². The van der Waals surface area contributed by atoms with Crippen molar-refractivity contribution in [1.29, 1.82) is 0 Å². The van der Waals surface area contributed by atoms with Gasteiger partial charge in [-0.15, -0.1) is 0 Å². The highest BCUT2D eigenvalue weighted by Crippen LogP contribution is 2.24. The van der Waals surface area contributed by atoms with E-state index in [2.05, 4.69) is 21.2 Å². The van der Waals surface area contributed by atoms with Crippen LogP contribution in [-0.4, -0.2) is 50.5 Å². The summed E-state index contributed by atoms with van der Waals surface area (Å²) < 4.78 is 27.3. The molecular weight excluding hydrogens is 506 g/mol. The van der Waals surface area contributed by atoms with Crippen LogP contribution >= 0.6 is 15.9 Å². The molecule has 0 heterocycles. The third kappa shape index (κ3) is 7.57. The number of rotatable bonds is 10. The van der Waals surface area contributed by atoms with Gasteiger partial charge in [0, 0.05) is 17.6 Å². The number of sulfonamides is 1. The fourth-order valence-corrected chi connectivity index (χ4v) is 4.51. The zero-order valence-electron chi connectivity index (χ0n) is 19.8. The van der Waals surface area contributed by atoms with Gasteiger partial charge in [-0.3, -0.25) is 13.9 Å². The van der Waals surface area contributed by atoms with E-state index in [1.54, 1.807) is 19.9 Å². The maximum atomic E-state index is 13.5. The summed E-state index contributed by atoms with van der Waals surface area (Å²) in [6.07, 6.45) is 1.85. The van der Waals surface area contributed by atoms with E-state index < -0.39 is 28.5 Å². The van der Waals surface area contributed by atoms with Crippen LogP contribution in [0, 0.1) is 13.8 Å². The zero-order valence-corrected chi connectivity index (χ0v) is 22.2. The molecule has 1 N–H and O–H groups in total. The van der Waals surface area contributed by atoms with Crippen molar-refractivity contribution in [2.24, 2.45) is 0 Å². The summed E-state index contributed by atoms with van der Waals surface area (Å²) in [5.74, 6) is -0.733. The van der Waals surface area contributed by atoms with Crippen LogP contribution in [-0.2, 0) is 26.2 Å². The summed E-state index contributed by atoms with van der Waals surface area (Å²) in [6.45, 7) is 7.56.